The first-order chi connectivity index (χ1) is 9.21. The van der Waals surface area contributed by atoms with Crippen LogP contribution < -0.4 is 5.32 Å². The monoisotopic (exact) mass is 285 g/mol. The second-order valence-corrected chi connectivity index (χ2v) is 5.83. The van der Waals surface area contributed by atoms with E-state index in [-0.39, 0.29) is 18.9 Å². The summed E-state index contributed by atoms with van der Waals surface area (Å²) < 4.78 is 0. The van der Waals surface area contributed by atoms with Crippen molar-refractivity contribution >= 4 is 17.9 Å². The number of likely N-dealkylation sites (tertiary alicyclic amines) is 1. The Morgan fingerprint density at radius 1 is 1.25 bits per heavy atom. The van der Waals surface area contributed by atoms with E-state index in [9.17, 15) is 14.4 Å². The van der Waals surface area contributed by atoms with E-state index in [4.69, 9.17) is 5.11 Å². The quantitative estimate of drug-likeness (QED) is 0.770. The van der Waals surface area contributed by atoms with Crippen molar-refractivity contribution in [2.45, 2.75) is 38.6 Å². The molecule has 7 nitrogen and oxygen atoms in total. The third kappa shape index (κ3) is 5.07. The van der Waals surface area contributed by atoms with Gasteiger partial charge in [-0.15, -0.1) is 0 Å². The number of hydrogen-bond donors (Lipinski definition) is 2. The van der Waals surface area contributed by atoms with Crippen molar-refractivity contribution in [3.8, 4) is 0 Å². The van der Waals surface area contributed by atoms with E-state index in [0.29, 0.717) is 0 Å². The summed E-state index contributed by atoms with van der Waals surface area (Å²) in [4.78, 5) is 37.6. The smallest absolute Gasteiger partial charge is 0.318 e. The summed E-state index contributed by atoms with van der Waals surface area (Å²) in [5.74, 6) is -1.05. The summed E-state index contributed by atoms with van der Waals surface area (Å²) in [5, 5.41) is 11.4. The number of likely N-dealkylation sites (N-methyl/N-ethyl adjacent to an activating group) is 1. The molecule has 0 aliphatic carbocycles. The Morgan fingerprint density at radius 3 is 2.30 bits per heavy atom. The van der Waals surface area contributed by atoms with Crippen molar-refractivity contribution in [2.24, 2.45) is 0 Å². The maximum Gasteiger partial charge on any atom is 0.318 e. The molecule has 7 heteroatoms. The Balaban J connectivity index is 2.45. The lowest BCUT2D eigenvalue weighted by atomic mass is 10.0. The highest BCUT2D eigenvalue weighted by Crippen LogP contribution is 2.10. The first kappa shape index (κ1) is 16.3. The molecule has 0 saturated carbocycles. The normalized spacial score (nSPS) is 15.1. The van der Waals surface area contributed by atoms with Crippen LogP contribution in [0.3, 0.4) is 0 Å². The fourth-order valence-electron chi connectivity index (χ4n) is 2.15. The molecule has 3 amide bonds. The maximum absolute atomic E-state index is 11.9. The average Bonchev–Trinajstić information content (AvgIpc) is 2.79. The predicted octanol–water partition coefficient (Wildman–Crippen LogP) is 0.504. The lowest BCUT2D eigenvalue weighted by molar-refractivity contribution is -0.138. The van der Waals surface area contributed by atoms with Crippen LogP contribution in [0.1, 0.15) is 33.1 Å². The molecule has 114 valence electrons. The van der Waals surface area contributed by atoms with Gasteiger partial charge in [0.25, 0.3) is 0 Å². The highest BCUT2D eigenvalue weighted by atomic mass is 16.4. The Kier molecular flexibility index (Phi) is 5.35. The zero-order valence-electron chi connectivity index (χ0n) is 12.3. The van der Waals surface area contributed by atoms with Crippen LogP contribution in [0.15, 0.2) is 0 Å². The fraction of sp³-hybridized carbons (Fsp3) is 0.769. The number of nitrogens with one attached hydrogen (secondary N) is 1. The Bertz CT molecular complexity index is 389. The van der Waals surface area contributed by atoms with Crippen LogP contribution in [0.2, 0.25) is 0 Å². The first-order valence-electron chi connectivity index (χ1n) is 6.74. The van der Waals surface area contributed by atoms with Crippen LogP contribution in [0.5, 0.6) is 0 Å². The van der Waals surface area contributed by atoms with Crippen LogP contribution in [0.25, 0.3) is 0 Å². The van der Waals surface area contributed by atoms with Gasteiger partial charge in [-0.2, -0.15) is 0 Å². The third-order valence-corrected chi connectivity index (χ3v) is 3.22. The van der Waals surface area contributed by atoms with E-state index >= 15 is 0 Å². The molecule has 0 unspecified atom stereocenters. The first-order valence-corrected chi connectivity index (χ1v) is 6.74. The number of carbonyl (C=O) groups is 3. The summed E-state index contributed by atoms with van der Waals surface area (Å²) in [7, 11) is 1.53. The van der Waals surface area contributed by atoms with Gasteiger partial charge < -0.3 is 20.2 Å². The van der Waals surface area contributed by atoms with Gasteiger partial charge >= 0.3 is 12.0 Å². The molecule has 1 saturated heterocycles. The van der Waals surface area contributed by atoms with Crippen LogP contribution >= 0.6 is 0 Å². The molecule has 0 aromatic carbocycles. The molecule has 1 fully saturated rings. The molecule has 1 heterocycles. The molecular weight excluding hydrogens is 262 g/mol. The van der Waals surface area contributed by atoms with Crippen LogP contribution in [0.4, 0.5) is 4.79 Å². The van der Waals surface area contributed by atoms with Gasteiger partial charge in [0.15, 0.2) is 0 Å². The second-order valence-electron chi connectivity index (χ2n) is 5.83. The molecule has 0 bridgehead atoms. The fourth-order valence-corrected chi connectivity index (χ4v) is 2.15. The minimum Gasteiger partial charge on any atom is -0.481 e. The number of amides is 3. The van der Waals surface area contributed by atoms with Gasteiger partial charge in [0.2, 0.25) is 5.91 Å². The van der Waals surface area contributed by atoms with Crippen molar-refractivity contribution in [1.82, 2.24) is 15.1 Å². The summed E-state index contributed by atoms with van der Waals surface area (Å²) in [6.45, 7) is 4.77. The van der Waals surface area contributed by atoms with Gasteiger partial charge in [0, 0.05) is 25.7 Å². The zero-order valence-corrected chi connectivity index (χ0v) is 12.3. The number of urea groups is 1. The molecule has 0 atom stereocenters. The number of carboxylic acids is 1. The summed E-state index contributed by atoms with van der Waals surface area (Å²) in [5.41, 5.74) is -0.853. The molecule has 20 heavy (non-hydrogen) atoms. The molecule has 0 radical (unpaired) electrons. The summed E-state index contributed by atoms with van der Waals surface area (Å²) in [6, 6.07) is -0.441. The van der Waals surface area contributed by atoms with Gasteiger partial charge in [-0.05, 0) is 26.7 Å². The van der Waals surface area contributed by atoms with Gasteiger partial charge in [0.1, 0.15) is 6.54 Å². The van der Waals surface area contributed by atoms with E-state index in [0.717, 1.165) is 25.9 Å². The van der Waals surface area contributed by atoms with E-state index in [1.54, 1.807) is 18.7 Å². The SMILES string of the molecule is CN(CC(=O)N1CCCC1)C(=O)NC(C)(C)CC(=O)O. The molecule has 2 N–H and O–H groups in total. The summed E-state index contributed by atoms with van der Waals surface area (Å²) >= 11 is 0. The topological polar surface area (TPSA) is 90.0 Å². The van der Waals surface area contributed by atoms with E-state index in [1.807, 2.05) is 0 Å². The lowest BCUT2D eigenvalue weighted by Gasteiger charge is -2.28. The number of carboxylic acid groups (broad SMARTS) is 1. The molecule has 0 aromatic heterocycles. The van der Waals surface area contributed by atoms with Gasteiger partial charge in [-0.25, -0.2) is 4.79 Å². The number of nitrogens with zero attached hydrogens (tertiary/aromatic N) is 2. The molecule has 0 spiro atoms. The van der Waals surface area contributed by atoms with E-state index in [1.165, 1.54) is 11.9 Å². The summed E-state index contributed by atoms with van der Waals surface area (Å²) in [6.07, 6.45) is 1.84. The maximum atomic E-state index is 11.9. The minimum atomic E-state index is -0.980. The van der Waals surface area contributed by atoms with Gasteiger partial charge in [-0.1, -0.05) is 0 Å². The van der Waals surface area contributed by atoms with Gasteiger partial charge in [-0.3, -0.25) is 9.59 Å². The highest BCUT2D eigenvalue weighted by Gasteiger charge is 2.27. The second kappa shape index (κ2) is 6.58. The van der Waals surface area contributed by atoms with Crippen LogP contribution in [-0.4, -0.2) is 65.0 Å². The number of carbonyl (C=O) groups excluding carboxylic acids is 2. The van der Waals surface area contributed by atoms with Crippen LogP contribution in [0, 0.1) is 0 Å². The number of hydrogen-bond acceptors (Lipinski definition) is 3. The Morgan fingerprint density at radius 2 is 1.80 bits per heavy atom. The van der Waals surface area contributed by atoms with Crippen molar-refractivity contribution in [3.63, 3.8) is 0 Å². The Hall–Kier alpha value is -1.79. The number of aliphatic carboxylic acids is 1. The molecule has 1 aliphatic heterocycles. The average molecular weight is 285 g/mol. The van der Waals surface area contributed by atoms with Crippen LogP contribution in [-0.2, 0) is 9.59 Å². The zero-order chi connectivity index (χ0) is 15.3. The standard InChI is InChI=1S/C13H23N3O4/c1-13(2,8-11(18)19)14-12(20)15(3)9-10(17)16-6-4-5-7-16/h4-9H2,1-3H3,(H,14,20)(H,18,19). The molecule has 0 aromatic rings. The highest BCUT2D eigenvalue weighted by molar-refractivity contribution is 5.84. The third-order valence-electron chi connectivity index (χ3n) is 3.22. The van der Waals surface area contributed by atoms with Gasteiger partial charge in [0.05, 0.1) is 6.42 Å². The minimum absolute atomic E-state index is 0.00891. The lowest BCUT2D eigenvalue weighted by Crippen LogP contribution is -2.51. The largest absolute Gasteiger partial charge is 0.481 e. The molecule has 1 aliphatic rings. The number of rotatable bonds is 5. The van der Waals surface area contributed by atoms with Crippen molar-refractivity contribution in [1.29, 1.82) is 0 Å². The molecule has 1 rings (SSSR count). The van der Waals surface area contributed by atoms with Crippen molar-refractivity contribution in [2.75, 3.05) is 26.7 Å². The predicted molar refractivity (Wildman–Crippen MR) is 73.3 cm³/mol. The van der Waals surface area contributed by atoms with E-state index < -0.39 is 17.5 Å². The van der Waals surface area contributed by atoms with Crippen molar-refractivity contribution < 1.29 is 19.5 Å². The molecular formula is C13H23N3O4. The van der Waals surface area contributed by atoms with E-state index in [2.05, 4.69) is 5.32 Å². The van der Waals surface area contributed by atoms with Crippen molar-refractivity contribution in [3.05, 3.63) is 0 Å². The Labute approximate surface area is 118 Å².